The highest BCUT2D eigenvalue weighted by Gasteiger charge is 2.73. The Morgan fingerprint density at radius 3 is 2.64 bits per heavy atom. The number of nitrogens with zero attached hydrogens (tertiary/aromatic N) is 1. The van der Waals surface area contributed by atoms with Crippen molar-refractivity contribution in [2.75, 3.05) is 5.32 Å². The molecule has 3 fully saturated rings. The van der Waals surface area contributed by atoms with Crippen LogP contribution in [0.15, 0.2) is 66.7 Å². The highest BCUT2D eigenvalue weighted by molar-refractivity contribution is 6.30. The number of anilines is 1. The van der Waals surface area contributed by atoms with Crippen LogP contribution >= 0.6 is 11.6 Å². The van der Waals surface area contributed by atoms with Crippen molar-refractivity contribution in [1.82, 2.24) is 10.2 Å². The van der Waals surface area contributed by atoms with E-state index in [9.17, 15) is 14.4 Å². The van der Waals surface area contributed by atoms with E-state index in [2.05, 4.69) is 36.6 Å². The largest absolute Gasteiger partial charge is 0.359 e. The van der Waals surface area contributed by atoms with Gasteiger partial charge in [0.25, 0.3) is 0 Å². The number of hydrogen-bond acceptors (Lipinski definition) is 4. The molecule has 6 rings (SSSR count). The minimum Gasteiger partial charge on any atom is -0.359 e. The molecule has 1 aliphatic carbocycles. The van der Waals surface area contributed by atoms with E-state index in [1.807, 2.05) is 37.3 Å². The molecule has 0 radical (unpaired) electrons. The van der Waals surface area contributed by atoms with Crippen molar-refractivity contribution in [1.29, 1.82) is 0 Å². The summed E-state index contributed by atoms with van der Waals surface area (Å²) in [6.07, 6.45) is 7.75. The number of ether oxygens (including phenoxy) is 1. The SMILES string of the molecule is C[C@H]1[C@H](C)CCC[C@@H]1NC(=O)[C@@H]1N([C@H](C)CCc2ccccc2)C(=O)[C@@H]2[C@@H](C(=O)Nc3cccc(Cl)c3)[C@@H]3C=C[C@]21O3. The van der Waals surface area contributed by atoms with Gasteiger partial charge in [0.15, 0.2) is 0 Å². The minimum atomic E-state index is -1.19. The molecule has 2 aromatic carbocycles. The average molecular weight is 590 g/mol. The Morgan fingerprint density at radius 2 is 1.88 bits per heavy atom. The molecule has 2 N–H and O–H groups in total. The predicted octanol–water partition coefficient (Wildman–Crippen LogP) is 5.39. The van der Waals surface area contributed by atoms with E-state index in [4.69, 9.17) is 16.3 Å². The molecule has 9 atom stereocenters. The van der Waals surface area contributed by atoms with Crippen LogP contribution in [0.25, 0.3) is 0 Å². The average Bonchev–Trinajstić information content (AvgIpc) is 3.62. The Balaban J connectivity index is 1.30. The van der Waals surface area contributed by atoms with Gasteiger partial charge in [0.2, 0.25) is 17.7 Å². The van der Waals surface area contributed by atoms with Gasteiger partial charge in [0, 0.05) is 22.8 Å². The van der Waals surface area contributed by atoms with Gasteiger partial charge in [-0.3, -0.25) is 14.4 Å². The van der Waals surface area contributed by atoms with Gasteiger partial charge in [-0.15, -0.1) is 0 Å². The van der Waals surface area contributed by atoms with E-state index in [-0.39, 0.29) is 29.8 Å². The molecule has 0 aromatic heterocycles. The van der Waals surface area contributed by atoms with Crippen LogP contribution in [-0.2, 0) is 25.5 Å². The highest BCUT2D eigenvalue weighted by atomic mass is 35.5. The summed E-state index contributed by atoms with van der Waals surface area (Å²) in [7, 11) is 0. The first-order chi connectivity index (χ1) is 20.2. The minimum absolute atomic E-state index is 0.0396. The van der Waals surface area contributed by atoms with Gasteiger partial charge < -0.3 is 20.3 Å². The van der Waals surface area contributed by atoms with Crippen molar-refractivity contribution in [3.8, 4) is 0 Å². The van der Waals surface area contributed by atoms with Crippen molar-refractivity contribution in [3.63, 3.8) is 0 Å². The Morgan fingerprint density at radius 1 is 1.10 bits per heavy atom. The fourth-order valence-corrected chi connectivity index (χ4v) is 7.87. The van der Waals surface area contributed by atoms with Crippen molar-refractivity contribution in [3.05, 3.63) is 77.3 Å². The van der Waals surface area contributed by atoms with Crippen LogP contribution in [0.5, 0.6) is 0 Å². The Kier molecular flexibility index (Phi) is 7.92. The second kappa shape index (κ2) is 11.5. The summed E-state index contributed by atoms with van der Waals surface area (Å²) in [5.74, 6) is -1.38. The molecule has 2 aromatic rings. The van der Waals surface area contributed by atoms with Gasteiger partial charge in [0.1, 0.15) is 11.6 Å². The fourth-order valence-electron chi connectivity index (χ4n) is 7.68. The lowest BCUT2D eigenvalue weighted by Gasteiger charge is -2.39. The number of hydrogen-bond donors (Lipinski definition) is 2. The summed E-state index contributed by atoms with van der Waals surface area (Å²) in [4.78, 5) is 44.1. The molecule has 3 heterocycles. The highest BCUT2D eigenvalue weighted by Crippen LogP contribution is 2.56. The standard InChI is InChI=1S/C34H40ClN3O4/c1-20-9-7-14-26(22(20)3)37-32(40)30-34-18-17-27(42-34)28(31(39)36-25-13-8-12-24(35)19-25)29(34)33(41)38(30)21(2)15-16-23-10-5-4-6-11-23/h4-6,8,10-13,17-22,26-30H,7,9,14-16H2,1-3H3,(H,36,39)(H,37,40)/t20-,21-,22+,26+,27+,28+,29+,30+,34+/m1/s1. The molecule has 2 bridgehead atoms. The van der Waals surface area contributed by atoms with E-state index in [0.717, 1.165) is 25.7 Å². The zero-order chi connectivity index (χ0) is 29.6. The maximum Gasteiger partial charge on any atom is 0.246 e. The lowest BCUT2D eigenvalue weighted by atomic mass is 9.73. The van der Waals surface area contributed by atoms with Gasteiger partial charge in [-0.2, -0.15) is 0 Å². The van der Waals surface area contributed by atoms with Gasteiger partial charge >= 0.3 is 0 Å². The Hall–Kier alpha value is -3.16. The van der Waals surface area contributed by atoms with Crippen LogP contribution in [0, 0.1) is 23.7 Å². The van der Waals surface area contributed by atoms with E-state index in [1.54, 1.807) is 29.2 Å². The van der Waals surface area contributed by atoms with Crippen LogP contribution in [0.4, 0.5) is 5.69 Å². The summed E-state index contributed by atoms with van der Waals surface area (Å²) >= 11 is 6.15. The summed E-state index contributed by atoms with van der Waals surface area (Å²) in [6, 6.07) is 16.0. The summed E-state index contributed by atoms with van der Waals surface area (Å²) in [5, 5.41) is 6.79. The third-order valence-corrected chi connectivity index (χ3v) is 10.4. The van der Waals surface area contributed by atoms with Crippen molar-refractivity contribution in [2.45, 2.75) is 82.7 Å². The molecular weight excluding hydrogens is 550 g/mol. The topological polar surface area (TPSA) is 87.7 Å². The van der Waals surface area contributed by atoms with E-state index < -0.39 is 29.6 Å². The van der Waals surface area contributed by atoms with Gasteiger partial charge in [-0.05, 0) is 61.8 Å². The zero-order valence-electron chi connectivity index (χ0n) is 24.5. The number of nitrogens with one attached hydrogen (secondary N) is 2. The quantitative estimate of drug-likeness (QED) is 0.404. The maximum atomic E-state index is 14.4. The molecular formula is C34H40ClN3O4. The number of halogens is 1. The zero-order valence-corrected chi connectivity index (χ0v) is 25.2. The number of carbonyl (C=O) groups is 3. The summed E-state index contributed by atoms with van der Waals surface area (Å²) < 4.78 is 6.54. The number of amides is 3. The normalized spacial score (nSPS) is 33.9. The second-order valence-corrected chi connectivity index (χ2v) is 13.1. The smallest absolute Gasteiger partial charge is 0.246 e. The molecule has 3 amide bonds. The molecule has 1 saturated carbocycles. The van der Waals surface area contributed by atoms with E-state index >= 15 is 0 Å². The van der Waals surface area contributed by atoms with Crippen LogP contribution < -0.4 is 10.6 Å². The van der Waals surface area contributed by atoms with Crippen molar-refractivity contribution < 1.29 is 19.1 Å². The maximum absolute atomic E-state index is 14.4. The first kappa shape index (κ1) is 28.9. The fraction of sp³-hybridized carbons (Fsp3) is 0.500. The third-order valence-electron chi connectivity index (χ3n) is 10.2. The number of carbonyl (C=O) groups excluding carboxylic acids is 3. The first-order valence-electron chi connectivity index (χ1n) is 15.3. The van der Waals surface area contributed by atoms with Gasteiger partial charge in [0.05, 0.1) is 17.9 Å². The third kappa shape index (κ3) is 5.05. The van der Waals surface area contributed by atoms with Crippen LogP contribution in [0.3, 0.4) is 0 Å². The number of rotatable bonds is 8. The monoisotopic (exact) mass is 589 g/mol. The molecule has 7 nitrogen and oxygen atoms in total. The van der Waals surface area contributed by atoms with Crippen molar-refractivity contribution in [2.24, 2.45) is 23.7 Å². The molecule has 2 saturated heterocycles. The number of benzene rings is 2. The molecule has 8 heteroatoms. The number of likely N-dealkylation sites (tertiary alicyclic amines) is 1. The molecule has 4 aliphatic rings. The number of aryl methyl sites for hydroxylation is 1. The van der Waals surface area contributed by atoms with Crippen LogP contribution in [-0.4, -0.2) is 52.5 Å². The van der Waals surface area contributed by atoms with Gasteiger partial charge in [-0.25, -0.2) is 0 Å². The predicted molar refractivity (Wildman–Crippen MR) is 163 cm³/mol. The van der Waals surface area contributed by atoms with Crippen LogP contribution in [0.2, 0.25) is 5.02 Å². The van der Waals surface area contributed by atoms with Crippen molar-refractivity contribution >= 4 is 35.0 Å². The molecule has 3 aliphatic heterocycles. The lowest BCUT2D eigenvalue weighted by Crippen LogP contribution is -2.59. The first-order valence-corrected chi connectivity index (χ1v) is 15.7. The van der Waals surface area contributed by atoms with Crippen LogP contribution in [0.1, 0.15) is 52.0 Å². The number of fused-ring (bicyclic) bond motifs is 1. The summed E-state index contributed by atoms with van der Waals surface area (Å²) in [6.45, 7) is 6.44. The van der Waals surface area contributed by atoms with Gasteiger partial charge in [-0.1, -0.05) is 86.8 Å². The lowest BCUT2D eigenvalue weighted by molar-refractivity contribution is -0.144. The molecule has 1 spiro atoms. The van der Waals surface area contributed by atoms with E-state index in [0.29, 0.717) is 29.0 Å². The Bertz CT molecular complexity index is 1380. The molecule has 42 heavy (non-hydrogen) atoms. The molecule has 222 valence electrons. The molecule has 0 unspecified atom stereocenters. The second-order valence-electron chi connectivity index (χ2n) is 12.7. The summed E-state index contributed by atoms with van der Waals surface area (Å²) in [5.41, 5.74) is 0.546. The van der Waals surface area contributed by atoms with E-state index in [1.165, 1.54) is 5.56 Å². The Labute approximate surface area is 253 Å².